The number of ether oxygens (including phenoxy) is 2. The average Bonchev–Trinajstić information content (AvgIpc) is 2.26. The first kappa shape index (κ1) is 17.3. The fraction of sp³-hybridized carbons (Fsp3) is 0.538. The Morgan fingerprint density at radius 3 is 1.37 bits per heavy atom. The van der Waals surface area contributed by atoms with Gasteiger partial charge in [0.05, 0.1) is 0 Å². The summed E-state index contributed by atoms with van der Waals surface area (Å²) in [6.07, 6.45) is -2.89. The van der Waals surface area contributed by atoms with Crippen LogP contribution in [0.5, 0.6) is 0 Å². The first-order chi connectivity index (χ1) is 8.54. The monoisotopic (exact) mass is 272 g/mol. The predicted octanol–water partition coefficient (Wildman–Crippen LogP) is 0.683. The van der Waals surface area contributed by atoms with E-state index < -0.39 is 29.9 Å². The third-order valence-electron chi connectivity index (χ3n) is 2.37. The quantitative estimate of drug-likeness (QED) is 0.419. The van der Waals surface area contributed by atoms with Crippen LogP contribution in [0.3, 0.4) is 0 Å². The van der Waals surface area contributed by atoms with Crippen LogP contribution in [0, 0.1) is 0 Å². The van der Waals surface area contributed by atoms with Crippen LogP contribution in [0.2, 0.25) is 0 Å². The summed E-state index contributed by atoms with van der Waals surface area (Å²) in [7, 11) is 0. The van der Waals surface area contributed by atoms with Crippen molar-refractivity contribution in [2.75, 3.05) is 0 Å². The average molecular weight is 272 g/mol. The van der Waals surface area contributed by atoms with Crippen molar-refractivity contribution in [1.29, 1.82) is 0 Å². The number of aliphatic hydroxyl groups excluding tert-OH is 2. The van der Waals surface area contributed by atoms with E-state index in [0.717, 1.165) is 0 Å². The minimum absolute atomic E-state index is 0.0389. The van der Waals surface area contributed by atoms with Crippen molar-refractivity contribution in [3.8, 4) is 0 Å². The van der Waals surface area contributed by atoms with Gasteiger partial charge in [0.2, 0.25) is 0 Å². The van der Waals surface area contributed by atoms with Crippen LogP contribution in [-0.4, -0.2) is 40.1 Å². The van der Waals surface area contributed by atoms with Crippen molar-refractivity contribution >= 4 is 11.9 Å². The van der Waals surface area contributed by atoms with Gasteiger partial charge in [0.1, 0.15) is 12.2 Å². The largest absolute Gasteiger partial charge is 0.414 e. The van der Waals surface area contributed by atoms with E-state index in [1.807, 2.05) is 0 Å². The molecule has 0 heterocycles. The Morgan fingerprint density at radius 1 is 0.947 bits per heavy atom. The molecule has 0 aromatic heterocycles. The van der Waals surface area contributed by atoms with Gasteiger partial charge in [-0.15, -0.1) is 0 Å². The summed E-state index contributed by atoms with van der Waals surface area (Å²) >= 11 is 0. The number of esters is 2. The van der Waals surface area contributed by atoms with Crippen LogP contribution in [-0.2, 0) is 19.1 Å². The molecule has 0 aromatic rings. The maximum atomic E-state index is 11.6. The van der Waals surface area contributed by atoms with Crippen molar-refractivity contribution < 1.29 is 29.3 Å². The van der Waals surface area contributed by atoms with Gasteiger partial charge in [-0.2, -0.15) is 0 Å². The lowest BCUT2D eigenvalue weighted by Gasteiger charge is -2.37. The zero-order valence-electron chi connectivity index (χ0n) is 11.6. The summed E-state index contributed by atoms with van der Waals surface area (Å²) in [4.78, 5) is 23.1. The Balaban J connectivity index is 5.44. The van der Waals surface area contributed by atoms with Crippen molar-refractivity contribution in [1.82, 2.24) is 0 Å². The lowest BCUT2D eigenvalue weighted by Crippen LogP contribution is -2.56. The smallest absolute Gasteiger partial charge is 0.336 e. The number of carbonyl (C=O) groups excluding carboxylic acids is 2. The van der Waals surface area contributed by atoms with Gasteiger partial charge in [-0.1, -0.05) is 13.2 Å². The molecule has 0 radical (unpaired) electrons. The van der Waals surface area contributed by atoms with Crippen molar-refractivity contribution in [3.63, 3.8) is 0 Å². The van der Waals surface area contributed by atoms with E-state index in [1.54, 1.807) is 0 Å². The highest BCUT2D eigenvalue weighted by Crippen LogP contribution is 2.26. The number of aliphatic hydroxyl groups is 2. The van der Waals surface area contributed by atoms with E-state index in [0.29, 0.717) is 0 Å². The van der Waals surface area contributed by atoms with Crippen LogP contribution in [0.15, 0.2) is 24.3 Å². The molecule has 0 bridgehead atoms. The molecule has 6 nitrogen and oxygen atoms in total. The molecular weight excluding hydrogens is 252 g/mol. The van der Waals surface area contributed by atoms with E-state index in [2.05, 4.69) is 13.2 Å². The van der Waals surface area contributed by atoms with Crippen LogP contribution in [0.4, 0.5) is 0 Å². The second-order valence-corrected chi connectivity index (χ2v) is 4.41. The lowest BCUT2D eigenvalue weighted by molar-refractivity contribution is -0.285. The van der Waals surface area contributed by atoms with Crippen molar-refractivity contribution in [2.45, 2.75) is 45.7 Å². The maximum Gasteiger partial charge on any atom is 0.336 e. The molecule has 0 fully saturated rings. The van der Waals surface area contributed by atoms with Gasteiger partial charge < -0.3 is 19.7 Å². The molecule has 0 aliphatic carbocycles. The van der Waals surface area contributed by atoms with Gasteiger partial charge in [-0.3, -0.25) is 0 Å². The molecule has 2 atom stereocenters. The Hall–Kier alpha value is -1.66. The summed E-state index contributed by atoms with van der Waals surface area (Å²) in [5, 5.41) is 19.4. The third-order valence-corrected chi connectivity index (χ3v) is 2.37. The molecule has 0 rings (SSSR count). The lowest BCUT2D eigenvalue weighted by atomic mass is 10.1. The Bertz CT molecular complexity index is 356. The summed E-state index contributed by atoms with van der Waals surface area (Å²) in [5.41, 5.74) is 0.0779. The fourth-order valence-corrected chi connectivity index (χ4v) is 1.18. The van der Waals surface area contributed by atoms with Gasteiger partial charge in [0.15, 0.2) is 0 Å². The molecule has 0 spiro atoms. The first-order valence-electron chi connectivity index (χ1n) is 5.68. The van der Waals surface area contributed by atoms with Gasteiger partial charge in [-0.05, 0) is 27.7 Å². The van der Waals surface area contributed by atoms with E-state index in [-0.39, 0.29) is 11.1 Å². The molecule has 0 aromatic carbocycles. The van der Waals surface area contributed by atoms with Crippen molar-refractivity contribution in [2.24, 2.45) is 0 Å². The Kier molecular flexibility index (Phi) is 5.92. The second kappa shape index (κ2) is 6.49. The second-order valence-electron chi connectivity index (χ2n) is 4.41. The molecule has 0 amide bonds. The van der Waals surface area contributed by atoms with Crippen LogP contribution < -0.4 is 0 Å². The Morgan fingerprint density at radius 2 is 1.21 bits per heavy atom. The van der Waals surface area contributed by atoms with Crippen molar-refractivity contribution in [3.05, 3.63) is 24.3 Å². The third kappa shape index (κ3) is 4.18. The standard InChI is InChI=1S/C13H20O6/c1-7(2)11(16)18-13(9(5)14,10(6)15)19-12(17)8(3)4/h9-10,14-15H,1,3H2,2,4-6H3. The molecule has 2 N–H and O–H groups in total. The van der Waals surface area contributed by atoms with Crippen LogP contribution in [0.25, 0.3) is 0 Å². The summed E-state index contributed by atoms with van der Waals surface area (Å²) in [5.74, 6) is -3.99. The minimum Gasteiger partial charge on any atom is -0.414 e. The van der Waals surface area contributed by atoms with Gasteiger partial charge in [0, 0.05) is 11.1 Å². The summed E-state index contributed by atoms with van der Waals surface area (Å²) in [6.45, 7) is 12.0. The molecule has 19 heavy (non-hydrogen) atoms. The van der Waals surface area contributed by atoms with E-state index in [9.17, 15) is 19.8 Å². The molecule has 0 aliphatic rings. The normalized spacial score (nSPS) is 14.2. The van der Waals surface area contributed by atoms with Crippen LogP contribution in [0.1, 0.15) is 27.7 Å². The summed E-state index contributed by atoms with van der Waals surface area (Å²) in [6, 6.07) is 0. The fourth-order valence-electron chi connectivity index (χ4n) is 1.18. The summed E-state index contributed by atoms with van der Waals surface area (Å²) < 4.78 is 9.84. The zero-order valence-corrected chi connectivity index (χ0v) is 11.6. The SMILES string of the molecule is C=C(C)C(=O)OC(OC(=O)C(=C)C)(C(C)O)C(C)O. The molecule has 2 unspecified atom stereocenters. The number of carbonyl (C=O) groups is 2. The van der Waals surface area contributed by atoms with Gasteiger partial charge in [0.25, 0.3) is 0 Å². The Labute approximate surface area is 112 Å². The molecule has 6 heteroatoms. The first-order valence-corrected chi connectivity index (χ1v) is 5.68. The molecular formula is C13H20O6. The van der Waals surface area contributed by atoms with Gasteiger partial charge in [-0.25, -0.2) is 9.59 Å². The minimum atomic E-state index is -2.20. The van der Waals surface area contributed by atoms with E-state index in [1.165, 1.54) is 27.7 Å². The highest BCUT2D eigenvalue weighted by molar-refractivity contribution is 5.89. The molecule has 0 saturated carbocycles. The number of hydrogen-bond donors (Lipinski definition) is 2. The van der Waals surface area contributed by atoms with E-state index in [4.69, 9.17) is 9.47 Å². The molecule has 0 aliphatic heterocycles. The molecule has 108 valence electrons. The maximum absolute atomic E-state index is 11.6. The topological polar surface area (TPSA) is 93.1 Å². The zero-order chi connectivity index (χ0) is 15.4. The number of hydrogen-bond acceptors (Lipinski definition) is 6. The van der Waals surface area contributed by atoms with E-state index >= 15 is 0 Å². The number of rotatable bonds is 6. The van der Waals surface area contributed by atoms with Crippen LogP contribution >= 0.6 is 0 Å². The van der Waals surface area contributed by atoms with Gasteiger partial charge >= 0.3 is 17.7 Å². The predicted molar refractivity (Wildman–Crippen MR) is 67.9 cm³/mol. The highest BCUT2D eigenvalue weighted by Gasteiger charge is 2.48. The highest BCUT2D eigenvalue weighted by atomic mass is 16.8. The molecule has 0 saturated heterocycles.